The summed E-state index contributed by atoms with van der Waals surface area (Å²) in [6.45, 7) is 8.26. The SMILES string of the molecule is CCOc1ccc([N+](=O)[O-])cc1CNC[C@H](CC(C)C)N(C)C. The second-order valence-electron chi connectivity index (χ2n) is 6.36. The molecule has 0 amide bonds. The highest BCUT2D eigenvalue weighted by molar-refractivity contribution is 5.43. The number of nitro benzene ring substituents is 1. The Balaban J connectivity index is 2.74. The first-order valence-corrected chi connectivity index (χ1v) is 8.12. The topological polar surface area (TPSA) is 67.6 Å². The van der Waals surface area contributed by atoms with E-state index in [1.54, 1.807) is 12.1 Å². The van der Waals surface area contributed by atoms with Gasteiger partial charge in [0.15, 0.2) is 0 Å². The molecule has 0 unspecified atom stereocenters. The molecular formula is C17H29N3O3. The molecule has 0 fully saturated rings. The van der Waals surface area contributed by atoms with Crippen LogP contribution >= 0.6 is 0 Å². The van der Waals surface area contributed by atoms with Crippen LogP contribution in [0.3, 0.4) is 0 Å². The molecule has 0 aliphatic rings. The van der Waals surface area contributed by atoms with E-state index in [4.69, 9.17) is 4.74 Å². The van der Waals surface area contributed by atoms with Crippen LogP contribution in [0.15, 0.2) is 18.2 Å². The van der Waals surface area contributed by atoms with Crippen LogP contribution in [0, 0.1) is 16.0 Å². The molecule has 0 saturated heterocycles. The highest BCUT2D eigenvalue weighted by Gasteiger charge is 2.15. The number of non-ortho nitro benzene ring substituents is 1. The number of rotatable bonds is 10. The van der Waals surface area contributed by atoms with Crippen molar-refractivity contribution < 1.29 is 9.66 Å². The smallest absolute Gasteiger partial charge is 0.270 e. The van der Waals surface area contributed by atoms with Crippen LogP contribution in [-0.2, 0) is 6.54 Å². The zero-order valence-corrected chi connectivity index (χ0v) is 14.8. The van der Waals surface area contributed by atoms with Gasteiger partial charge in [0.25, 0.3) is 5.69 Å². The lowest BCUT2D eigenvalue weighted by Crippen LogP contribution is -2.38. The van der Waals surface area contributed by atoms with Gasteiger partial charge in [-0.15, -0.1) is 0 Å². The summed E-state index contributed by atoms with van der Waals surface area (Å²) in [5.74, 6) is 1.33. The minimum Gasteiger partial charge on any atom is -0.494 e. The standard InChI is InChI=1S/C17H29N3O3/c1-6-23-17-8-7-15(20(21)22)10-14(17)11-18-12-16(19(4)5)9-13(2)3/h7-8,10,13,16,18H,6,9,11-12H2,1-5H3/t16-/m0/s1. The number of benzene rings is 1. The van der Waals surface area contributed by atoms with E-state index in [1.807, 2.05) is 6.92 Å². The van der Waals surface area contributed by atoms with Crippen LogP contribution in [0.25, 0.3) is 0 Å². The molecule has 0 radical (unpaired) electrons. The summed E-state index contributed by atoms with van der Waals surface area (Å²) in [7, 11) is 4.15. The second-order valence-corrected chi connectivity index (χ2v) is 6.36. The fourth-order valence-electron chi connectivity index (χ4n) is 2.51. The third-order valence-corrected chi connectivity index (χ3v) is 3.72. The number of hydrogen-bond donors (Lipinski definition) is 1. The first kappa shape index (κ1) is 19.4. The van der Waals surface area contributed by atoms with E-state index >= 15 is 0 Å². The van der Waals surface area contributed by atoms with Crippen LogP contribution in [0.2, 0.25) is 0 Å². The van der Waals surface area contributed by atoms with Gasteiger partial charge in [-0.25, -0.2) is 0 Å². The minimum absolute atomic E-state index is 0.0941. The third-order valence-electron chi connectivity index (χ3n) is 3.72. The van der Waals surface area contributed by atoms with Crippen molar-refractivity contribution in [2.45, 2.75) is 39.8 Å². The van der Waals surface area contributed by atoms with Crippen molar-refractivity contribution in [1.29, 1.82) is 0 Å². The highest BCUT2D eigenvalue weighted by atomic mass is 16.6. The largest absolute Gasteiger partial charge is 0.494 e. The lowest BCUT2D eigenvalue weighted by Gasteiger charge is -2.26. The third kappa shape index (κ3) is 6.54. The molecule has 0 aliphatic carbocycles. The van der Waals surface area contributed by atoms with Crippen LogP contribution < -0.4 is 10.1 Å². The molecule has 130 valence electrons. The number of hydrogen-bond acceptors (Lipinski definition) is 5. The molecule has 1 rings (SSSR count). The lowest BCUT2D eigenvalue weighted by atomic mass is 10.0. The van der Waals surface area contributed by atoms with Gasteiger partial charge in [-0.3, -0.25) is 10.1 Å². The van der Waals surface area contributed by atoms with Crippen molar-refractivity contribution in [3.05, 3.63) is 33.9 Å². The zero-order valence-electron chi connectivity index (χ0n) is 14.8. The van der Waals surface area contributed by atoms with Gasteiger partial charge in [0, 0.05) is 36.8 Å². The monoisotopic (exact) mass is 323 g/mol. The Labute approximate surface area is 139 Å². The molecule has 1 atom stereocenters. The van der Waals surface area contributed by atoms with Gasteiger partial charge in [-0.2, -0.15) is 0 Å². The molecule has 0 heterocycles. The lowest BCUT2D eigenvalue weighted by molar-refractivity contribution is -0.384. The van der Waals surface area contributed by atoms with E-state index in [-0.39, 0.29) is 10.6 Å². The van der Waals surface area contributed by atoms with Crippen molar-refractivity contribution in [2.75, 3.05) is 27.2 Å². The van der Waals surface area contributed by atoms with Gasteiger partial charge in [0.05, 0.1) is 11.5 Å². The van der Waals surface area contributed by atoms with Crippen molar-refractivity contribution in [2.24, 2.45) is 5.92 Å². The maximum absolute atomic E-state index is 11.0. The Hall–Kier alpha value is -1.66. The fourth-order valence-corrected chi connectivity index (χ4v) is 2.51. The predicted molar refractivity (Wildman–Crippen MR) is 92.9 cm³/mol. The minimum atomic E-state index is -0.374. The van der Waals surface area contributed by atoms with Gasteiger partial charge in [0.2, 0.25) is 0 Å². The first-order chi connectivity index (χ1) is 10.8. The Morgan fingerprint density at radius 2 is 2.04 bits per heavy atom. The van der Waals surface area contributed by atoms with E-state index in [0.29, 0.717) is 30.9 Å². The summed E-state index contributed by atoms with van der Waals surface area (Å²) in [6.07, 6.45) is 1.10. The normalized spacial score (nSPS) is 12.7. The van der Waals surface area contributed by atoms with E-state index in [1.165, 1.54) is 6.07 Å². The molecule has 1 aromatic rings. The molecule has 6 nitrogen and oxygen atoms in total. The van der Waals surface area contributed by atoms with Gasteiger partial charge in [-0.1, -0.05) is 13.8 Å². The number of nitrogens with zero attached hydrogens (tertiary/aromatic N) is 2. The van der Waals surface area contributed by atoms with Crippen molar-refractivity contribution >= 4 is 5.69 Å². The zero-order chi connectivity index (χ0) is 17.4. The maximum atomic E-state index is 11.0. The average Bonchev–Trinajstić information content (AvgIpc) is 2.47. The van der Waals surface area contributed by atoms with Crippen LogP contribution in [0.5, 0.6) is 5.75 Å². The molecule has 1 N–H and O–H groups in total. The number of ether oxygens (including phenoxy) is 1. The van der Waals surface area contributed by atoms with Gasteiger partial charge in [-0.05, 0) is 39.4 Å². The summed E-state index contributed by atoms with van der Waals surface area (Å²) in [5.41, 5.74) is 0.916. The Bertz CT molecular complexity index is 504. The molecule has 23 heavy (non-hydrogen) atoms. The molecular weight excluding hydrogens is 294 g/mol. The molecule has 0 bridgehead atoms. The van der Waals surface area contributed by atoms with Crippen LogP contribution in [-0.4, -0.2) is 43.1 Å². The number of nitro groups is 1. The maximum Gasteiger partial charge on any atom is 0.270 e. The Morgan fingerprint density at radius 1 is 1.35 bits per heavy atom. The summed E-state index contributed by atoms with van der Waals surface area (Å²) in [6, 6.07) is 5.18. The Morgan fingerprint density at radius 3 is 2.57 bits per heavy atom. The summed E-state index contributed by atoms with van der Waals surface area (Å²) < 4.78 is 5.57. The van der Waals surface area contributed by atoms with Crippen molar-refractivity contribution in [3.8, 4) is 5.75 Å². The van der Waals surface area contributed by atoms with Gasteiger partial charge < -0.3 is 15.0 Å². The predicted octanol–water partition coefficient (Wildman–Crippen LogP) is 3.06. The van der Waals surface area contributed by atoms with Crippen LogP contribution in [0.1, 0.15) is 32.8 Å². The number of likely N-dealkylation sites (N-methyl/N-ethyl adjacent to an activating group) is 1. The van der Waals surface area contributed by atoms with E-state index < -0.39 is 0 Å². The van der Waals surface area contributed by atoms with Gasteiger partial charge >= 0.3 is 0 Å². The van der Waals surface area contributed by atoms with E-state index in [2.05, 4.69) is 38.2 Å². The highest BCUT2D eigenvalue weighted by Crippen LogP contribution is 2.24. The second kappa shape index (κ2) is 9.47. The van der Waals surface area contributed by atoms with Crippen molar-refractivity contribution in [1.82, 2.24) is 10.2 Å². The molecule has 0 spiro atoms. The quantitative estimate of drug-likeness (QED) is 0.529. The molecule has 0 saturated carbocycles. The van der Waals surface area contributed by atoms with Crippen molar-refractivity contribution in [3.63, 3.8) is 0 Å². The first-order valence-electron chi connectivity index (χ1n) is 8.12. The average molecular weight is 323 g/mol. The summed E-state index contributed by atoms with van der Waals surface area (Å²) in [4.78, 5) is 12.8. The Kier molecular flexibility index (Phi) is 7.98. The van der Waals surface area contributed by atoms with E-state index in [0.717, 1.165) is 18.5 Å². The molecule has 0 aliphatic heterocycles. The summed E-state index contributed by atoms with van der Waals surface area (Å²) >= 11 is 0. The summed E-state index contributed by atoms with van der Waals surface area (Å²) in [5, 5.41) is 14.4. The van der Waals surface area contributed by atoms with E-state index in [9.17, 15) is 10.1 Å². The van der Waals surface area contributed by atoms with Crippen LogP contribution in [0.4, 0.5) is 5.69 Å². The van der Waals surface area contributed by atoms with Gasteiger partial charge in [0.1, 0.15) is 5.75 Å². The molecule has 1 aromatic carbocycles. The number of nitrogens with one attached hydrogen (secondary N) is 1. The fraction of sp³-hybridized carbons (Fsp3) is 0.647. The molecule has 0 aromatic heterocycles. The molecule has 6 heteroatoms.